The number of rotatable bonds is 5. The molecule has 21 heavy (non-hydrogen) atoms. The summed E-state index contributed by atoms with van der Waals surface area (Å²) >= 11 is 0. The van der Waals surface area contributed by atoms with Crippen LogP contribution in [-0.2, 0) is 9.53 Å². The van der Waals surface area contributed by atoms with Gasteiger partial charge in [0.25, 0.3) is 0 Å². The maximum Gasteiger partial charge on any atom is 0.453 e. The molecule has 0 saturated carbocycles. The number of alkyl halides is 5. The second-order valence-electron chi connectivity index (χ2n) is 4.30. The van der Waals surface area contributed by atoms with E-state index in [1.54, 1.807) is 0 Å². The molecule has 1 aromatic rings. The topological polar surface area (TPSA) is 35.5 Å². The Bertz CT molecular complexity index is 499. The van der Waals surface area contributed by atoms with Crippen LogP contribution in [0.4, 0.5) is 22.0 Å². The number of methoxy groups -OCH3 is 1. The Hall–Kier alpha value is -1.70. The lowest BCUT2D eigenvalue weighted by molar-refractivity contribution is -0.291. The summed E-state index contributed by atoms with van der Waals surface area (Å²) < 4.78 is 72.3. The van der Waals surface area contributed by atoms with Gasteiger partial charge >= 0.3 is 18.1 Å². The van der Waals surface area contributed by atoms with Gasteiger partial charge in [-0.3, -0.25) is 4.79 Å². The number of hydrogen-bond acceptors (Lipinski definition) is 3. The molecule has 0 saturated heterocycles. The third-order valence-corrected chi connectivity index (χ3v) is 2.63. The maximum absolute atomic E-state index is 13.1. The van der Waals surface area contributed by atoms with Crippen molar-refractivity contribution >= 4 is 5.97 Å². The molecular weight excluding hydrogens is 299 g/mol. The zero-order valence-corrected chi connectivity index (χ0v) is 11.2. The average Bonchev–Trinajstić information content (AvgIpc) is 2.34. The van der Waals surface area contributed by atoms with Crippen molar-refractivity contribution in [1.29, 1.82) is 0 Å². The normalized spacial score (nSPS) is 13.9. The molecule has 0 aromatic heterocycles. The van der Waals surface area contributed by atoms with Gasteiger partial charge in [0.2, 0.25) is 0 Å². The van der Waals surface area contributed by atoms with Gasteiger partial charge in [-0.1, -0.05) is 12.1 Å². The van der Waals surface area contributed by atoms with Crippen LogP contribution >= 0.6 is 0 Å². The van der Waals surface area contributed by atoms with Crippen LogP contribution in [0.25, 0.3) is 0 Å². The van der Waals surface area contributed by atoms with Crippen LogP contribution in [0.5, 0.6) is 5.75 Å². The Morgan fingerprint density at radius 2 is 1.86 bits per heavy atom. The fourth-order valence-electron chi connectivity index (χ4n) is 1.63. The predicted octanol–water partition coefficient (Wildman–Crippen LogP) is 3.89. The van der Waals surface area contributed by atoms with Crippen molar-refractivity contribution in [3.05, 3.63) is 29.8 Å². The SMILES string of the molecule is COC(CC(F)(F)C(F)(F)F)c1cccc(OC(C)=O)c1. The molecule has 0 radical (unpaired) electrons. The summed E-state index contributed by atoms with van der Waals surface area (Å²) in [5, 5.41) is 0. The first-order chi connectivity index (χ1) is 9.56. The van der Waals surface area contributed by atoms with Crippen LogP contribution in [-0.4, -0.2) is 25.2 Å². The molecule has 0 aliphatic carbocycles. The van der Waals surface area contributed by atoms with Gasteiger partial charge in [-0.15, -0.1) is 0 Å². The van der Waals surface area contributed by atoms with Gasteiger partial charge in [0.15, 0.2) is 0 Å². The van der Waals surface area contributed by atoms with Crippen molar-refractivity contribution in [2.45, 2.75) is 31.5 Å². The molecule has 0 heterocycles. The van der Waals surface area contributed by atoms with Gasteiger partial charge < -0.3 is 9.47 Å². The second kappa shape index (κ2) is 6.38. The summed E-state index contributed by atoms with van der Waals surface area (Å²) in [4.78, 5) is 10.8. The van der Waals surface area contributed by atoms with E-state index in [1.165, 1.54) is 24.3 Å². The Balaban J connectivity index is 2.98. The van der Waals surface area contributed by atoms with Crippen molar-refractivity contribution in [3.63, 3.8) is 0 Å². The molecule has 0 N–H and O–H groups in total. The van der Waals surface area contributed by atoms with Crippen molar-refractivity contribution in [1.82, 2.24) is 0 Å². The lowest BCUT2D eigenvalue weighted by Crippen LogP contribution is -2.38. The minimum absolute atomic E-state index is 0.0392. The summed E-state index contributed by atoms with van der Waals surface area (Å²) in [7, 11) is 1.02. The quantitative estimate of drug-likeness (QED) is 0.470. The molecule has 0 fully saturated rings. The number of halogens is 5. The highest BCUT2D eigenvalue weighted by atomic mass is 19.4. The number of carbonyl (C=O) groups is 1. The summed E-state index contributed by atoms with van der Waals surface area (Å²) in [5.41, 5.74) is 0.0557. The molecule has 0 aliphatic heterocycles. The molecular formula is C13H13F5O3. The Labute approximate surface area is 117 Å². The molecule has 0 bridgehead atoms. The third kappa shape index (κ3) is 4.66. The van der Waals surface area contributed by atoms with Crippen LogP contribution in [0.1, 0.15) is 25.0 Å². The summed E-state index contributed by atoms with van der Waals surface area (Å²) in [6.07, 6.45) is -8.70. The molecule has 3 nitrogen and oxygen atoms in total. The van der Waals surface area contributed by atoms with Gasteiger partial charge in [-0.05, 0) is 17.7 Å². The number of ether oxygens (including phenoxy) is 2. The standard InChI is InChI=1S/C13H13F5O3/c1-8(19)21-10-5-3-4-9(6-10)11(20-2)7-12(14,15)13(16,17)18/h3-6,11H,7H2,1-2H3. The molecule has 0 aliphatic rings. The zero-order chi connectivity index (χ0) is 16.3. The van der Waals surface area contributed by atoms with Crippen LogP contribution < -0.4 is 4.74 Å². The highest BCUT2D eigenvalue weighted by Crippen LogP contribution is 2.42. The van der Waals surface area contributed by atoms with Crippen molar-refractivity contribution < 1.29 is 36.2 Å². The monoisotopic (exact) mass is 312 g/mol. The van der Waals surface area contributed by atoms with E-state index in [9.17, 15) is 26.7 Å². The number of hydrogen-bond donors (Lipinski definition) is 0. The Kier molecular flexibility index (Phi) is 5.27. The van der Waals surface area contributed by atoms with Gasteiger partial charge in [-0.2, -0.15) is 22.0 Å². The van der Waals surface area contributed by atoms with Crippen LogP contribution in [0.3, 0.4) is 0 Å². The van der Waals surface area contributed by atoms with Crippen LogP contribution in [0, 0.1) is 0 Å². The van der Waals surface area contributed by atoms with E-state index in [4.69, 9.17) is 9.47 Å². The minimum atomic E-state index is -5.66. The smallest absolute Gasteiger partial charge is 0.427 e. The Morgan fingerprint density at radius 3 is 2.33 bits per heavy atom. The first-order valence-electron chi connectivity index (χ1n) is 5.82. The van der Waals surface area contributed by atoms with Gasteiger partial charge in [0.1, 0.15) is 5.75 Å². The van der Waals surface area contributed by atoms with E-state index < -0.39 is 30.6 Å². The average molecular weight is 312 g/mol. The van der Waals surface area contributed by atoms with E-state index in [-0.39, 0.29) is 11.3 Å². The summed E-state index contributed by atoms with van der Waals surface area (Å²) in [6.45, 7) is 1.14. The fraction of sp³-hybridized carbons (Fsp3) is 0.462. The summed E-state index contributed by atoms with van der Waals surface area (Å²) in [6, 6.07) is 5.24. The molecule has 0 amide bonds. The van der Waals surface area contributed by atoms with Gasteiger partial charge in [-0.25, -0.2) is 0 Å². The van der Waals surface area contributed by atoms with E-state index >= 15 is 0 Å². The van der Waals surface area contributed by atoms with E-state index in [0.717, 1.165) is 14.0 Å². The van der Waals surface area contributed by atoms with E-state index in [0.29, 0.717) is 0 Å². The third-order valence-electron chi connectivity index (χ3n) is 2.63. The largest absolute Gasteiger partial charge is 0.453 e. The Morgan fingerprint density at radius 1 is 1.24 bits per heavy atom. The van der Waals surface area contributed by atoms with Crippen molar-refractivity contribution in [2.75, 3.05) is 7.11 Å². The van der Waals surface area contributed by atoms with Gasteiger partial charge in [0, 0.05) is 14.0 Å². The predicted molar refractivity (Wildman–Crippen MR) is 63.1 cm³/mol. The summed E-state index contributed by atoms with van der Waals surface area (Å²) in [5.74, 6) is -5.48. The first-order valence-corrected chi connectivity index (χ1v) is 5.82. The fourth-order valence-corrected chi connectivity index (χ4v) is 1.63. The number of carbonyl (C=O) groups excluding carboxylic acids is 1. The van der Waals surface area contributed by atoms with Crippen molar-refractivity contribution in [2.24, 2.45) is 0 Å². The van der Waals surface area contributed by atoms with Crippen LogP contribution in [0.15, 0.2) is 24.3 Å². The molecule has 1 rings (SSSR count). The molecule has 1 unspecified atom stereocenters. The van der Waals surface area contributed by atoms with Crippen molar-refractivity contribution in [3.8, 4) is 5.75 Å². The van der Waals surface area contributed by atoms with Gasteiger partial charge in [0.05, 0.1) is 12.5 Å². The molecule has 118 valence electrons. The molecule has 1 atom stereocenters. The minimum Gasteiger partial charge on any atom is -0.427 e. The number of esters is 1. The highest BCUT2D eigenvalue weighted by Gasteiger charge is 2.58. The maximum atomic E-state index is 13.1. The molecule has 8 heteroatoms. The molecule has 1 aromatic carbocycles. The van der Waals surface area contributed by atoms with Crippen LogP contribution in [0.2, 0.25) is 0 Å². The van der Waals surface area contributed by atoms with E-state index in [2.05, 4.69) is 0 Å². The van der Waals surface area contributed by atoms with E-state index in [1.807, 2.05) is 0 Å². The molecule has 0 spiro atoms. The lowest BCUT2D eigenvalue weighted by Gasteiger charge is -2.24. The highest BCUT2D eigenvalue weighted by molar-refractivity contribution is 5.69. The number of benzene rings is 1. The zero-order valence-electron chi connectivity index (χ0n) is 11.2. The first kappa shape index (κ1) is 17.4. The second-order valence-corrected chi connectivity index (χ2v) is 4.30. The lowest BCUT2D eigenvalue weighted by atomic mass is 10.0.